The number of aliphatic hydroxyl groups excluding tert-OH is 3. The predicted octanol–water partition coefficient (Wildman–Crippen LogP) is 9.71. The van der Waals surface area contributed by atoms with E-state index in [1.807, 2.05) is 32.0 Å². The molecule has 7 rings (SSSR count). The van der Waals surface area contributed by atoms with Gasteiger partial charge < -0.3 is 59.9 Å². The summed E-state index contributed by atoms with van der Waals surface area (Å²) in [5.41, 5.74) is 4.84. The Morgan fingerprint density at radius 3 is 1.92 bits per heavy atom. The lowest BCUT2D eigenvalue weighted by Gasteiger charge is -2.21. The Balaban J connectivity index is 0.000000267. The molecule has 4 atom stereocenters. The highest BCUT2D eigenvalue weighted by Gasteiger charge is 2.41. The fourth-order valence-corrected chi connectivity index (χ4v) is 9.49. The number of methoxy groups -OCH3 is 1. The summed E-state index contributed by atoms with van der Waals surface area (Å²) in [5, 5.41) is 65.5. The van der Waals surface area contributed by atoms with Crippen LogP contribution in [0.15, 0.2) is 47.0 Å². The minimum atomic E-state index is -1.07. The van der Waals surface area contributed by atoms with E-state index in [-0.39, 0.29) is 30.3 Å². The van der Waals surface area contributed by atoms with Gasteiger partial charge in [0.1, 0.15) is 42.3 Å². The first-order valence-corrected chi connectivity index (χ1v) is 26.6. The number of ether oxygens (including phenoxy) is 3. The van der Waals surface area contributed by atoms with E-state index in [0.717, 1.165) is 43.9 Å². The number of aromatic nitrogens is 6. The molecule has 1 aliphatic carbocycles. The number of hydrogen-bond acceptors (Lipinski definition) is 18. The highest BCUT2D eigenvalue weighted by Crippen LogP contribution is 2.39. The Hall–Kier alpha value is -4.15. The van der Waals surface area contributed by atoms with Gasteiger partial charge in [0.25, 0.3) is 0 Å². The van der Waals surface area contributed by atoms with E-state index < -0.39 is 24.2 Å². The molecule has 0 bridgehead atoms. The van der Waals surface area contributed by atoms with Crippen LogP contribution < -0.4 is 20.1 Å². The average Bonchev–Trinajstić information content (AvgIpc) is 3.88. The number of nitrogens with zero attached hydrogens (tertiary/aromatic N) is 6. The first kappa shape index (κ1) is 59.4. The van der Waals surface area contributed by atoms with Crippen molar-refractivity contribution in [1.29, 1.82) is 0 Å². The number of furan rings is 1. The van der Waals surface area contributed by atoms with Gasteiger partial charge in [-0.3, -0.25) is 4.98 Å². The van der Waals surface area contributed by atoms with Gasteiger partial charge in [0.2, 0.25) is 17.7 Å². The number of nitrogens with one attached hydrogen (secondary N) is 2. The van der Waals surface area contributed by atoms with E-state index in [0.29, 0.717) is 92.2 Å². The standard InChI is InChI=1S/C26H36IN5O6.C11H16INO2.C7H8INO.C6H7NO/c1-5-16(6-2)37-19-11-14-10-18(38-23(14)13(3)29-19)20-24(27)31-26(28-7-8-36-4)32-25(20)30-17-9-15(12-33)21(34)22(17)35;1-4-8(5-2)15-10-6-9(12)11(14)7(3)13-10;1-4-3-6(8)9-5(2)7(4)10;1-5-6(8)3-2-4-7-5/h10-11,15-17,21-22,33-35H,5-9,12H2,1-4H3,(H2,28,30,31,32);6,8,14H,4-5H2,1-3H3;3,10H,1-2H3;2-4,8H,1H3/t15-,17-,21-,22+;;;/m1.../s1. The molecule has 0 saturated heterocycles. The molecular formula is C50H67I3N8O10. The molecule has 388 valence electrons. The lowest BCUT2D eigenvalue weighted by molar-refractivity contribution is 0.00446. The summed E-state index contributed by atoms with van der Waals surface area (Å²) in [6, 6.07) is 10.2. The SMILES string of the molecule is CCC(CC)Oc1cc(I)c(O)c(C)n1.CCC(CC)Oc1cc2cc(-c3c(I)nc(NCCOC)nc3N[C@@H]3C[C@H](CO)[C@@H](O)[C@H]3O)oc2c(C)n1.Cc1cc(I)nc(C)c1O.Cc1ncccc1O. The van der Waals surface area contributed by atoms with E-state index >= 15 is 0 Å². The maximum Gasteiger partial charge on any atom is 0.225 e. The van der Waals surface area contributed by atoms with Crippen molar-refractivity contribution in [3.63, 3.8) is 0 Å². The summed E-state index contributed by atoms with van der Waals surface area (Å²) in [6.45, 7) is 18.2. The number of aromatic hydroxyl groups is 3. The lowest BCUT2D eigenvalue weighted by atomic mass is 10.1. The maximum atomic E-state index is 10.6. The molecule has 0 aliphatic heterocycles. The first-order valence-electron chi connectivity index (χ1n) is 23.4. The number of pyridine rings is 4. The predicted molar refractivity (Wildman–Crippen MR) is 300 cm³/mol. The van der Waals surface area contributed by atoms with Crippen LogP contribution in [0.25, 0.3) is 22.3 Å². The zero-order valence-corrected chi connectivity index (χ0v) is 48.3. The van der Waals surface area contributed by atoms with Gasteiger partial charge in [-0.25, -0.2) is 19.9 Å². The second kappa shape index (κ2) is 28.9. The van der Waals surface area contributed by atoms with Crippen LogP contribution in [0.1, 0.15) is 88.1 Å². The van der Waals surface area contributed by atoms with Crippen molar-refractivity contribution in [3.05, 3.63) is 81.9 Å². The Morgan fingerprint density at radius 2 is 1.38 bits per heavy atom. The van der Waals surface area contributed by atoms with E-state index in [9.17, 15) is 25.5 Å². The molecule has 1 fully saturated rings. The fraction of sp³-hybridized carbons (Fsp3) is 0.480. The summed E-state index contributed by atoms with van der Waals surface area (Å²) in [6.07, 6.45) is 3.94. The quantitative estimate of drug-likeness (QED) is 0.0194. The van der Waals surface area contributed by atoms with Crippen LogP contribution in [0.4, 0.5) is 11.8 Å². The molecule has 0 aromatic carbocycles. The first-order chi connectivity index (χ1) is 33.8. The molecule has 8 N–H and O–H groups in total. The molecular weight excluding hydrogens is 1250 g/mol. The van der Waals surface area contributed by atoms with Crippen LogP contribution >= 0.6 is 67.8 Å². The van der Waals surface area contributed by atoms with Gasteiger partial charge in [-0.15, -0.1) is 0 Å². The number of hydrogen-bond donors (Lipinski definition) is 8. The number of anilines is 2. The fourth-order valence-electron chi connectivity index (χ4n) is 7.25. The molecule has 6 aromatic rings. The summed E-state index contributed by atoms with van der Waals surface area (Å²) in [5.74, 6) is 2.89. The van der Waals surface area contributed by atoms with Crippen LogP contribution in [0, 0.1) is 51.5 Å². The molecule has 0 unspecified atom stereocenters. The number of fused-ring (bicyclic) bond motifs is 1. The van der Waals surface area contributed by atoms with Crippen molar-refractivity contribution in [2.45, 2.75) is 125 Å². The minimum absolute atomic E-state index is 0.0879. The van der Waals surface area contributed by atoms with Gasteiger partial charge in [0, 0.05) is 49.9 Å². The minimum Gasteiger partial charge on any atom is -0.506 e. The zero-order chi connectivity index (χ0) is 52.5. The van der Waals surface area contributed by atoms with E-state index in [2.05, 4.69) is 136 Å². The van der Waals surface area contributed by atoms with Crippen LogP contribution in [0.2, 0.25) is 0 Å². The van der Waals surface area contributed by atoms with Crippen molar-refractivity contribution in [2.75, 3.05) is 37.5 Å². The van der Waals surface area contributed by atoms with Crippen LogP contribution in [-0.2, 0) is 4.74 Å². The van der Waals surface area contributed by atoms with Gasteiger partial charge in [0.15, 0.2) is 5.58 Å². The Bertz CT molecular complexity index is 2570. The zero-order valence-electron chi connectivity index (χ0n) is 41.8. The Morgan fingerprint density at radius 1 is 0.761 bits per heavy atom. The Labute approximate surface area is 456 Å². The number of aliphatic hydroxyl groups is 3. The summed E-state index contributed by atoms with van der Waals surface area (Å²) < 4.78 is 25.5. The normalized spacial score (nSPS) is 16.1. The number of rotatable bonds is 16. The number of halogens is 3. The molecule has 21 heteroatoms. The topological polar surface area (TPSA) is 264 Å². The van der Waals surface area contributed by atoms with E-state index in [4.69, 9.17) is 23.7 Å². The van der Waals surface area contributed by atoms with E-state index in [1.165, 1.54) is 0 Å². The van der Waals surface area contributed by atoms with Gasteiger partial charge in [-0.05, 0) is 164 Å². The molecule has 0 amide bonds. The van der Waals surface area contributed by atoms with E-state index in [1.54, 1.807) is 52.3 Å². The van der Waals surface area contributed by atoms with Crippen molar-refractivity contribution in [3.8, 4) is 40.3 Å². The maximum absolute atomic E-state index is 10.6. The van der Waals surface area contributed by atoms with Crippen LogP contribution in [0.3, 0.4) is 0 Å². The van der Waals surface area contributed by atoms with Gasteiger partial charge >= 0.3 is 0 Å². The molecule has 1 aliphatic rings. The third-order valence-corrected chi connectivity index (χ3v) is 13.7. The summed E-state index contributed by atoms with van der Waals surface area (Å²) in [7, 11) is 1.62. The lowest BCUT2D eigenvalue weighted by Crippen LogP contribution is -2.35. The molecule has 71 heavy (non-hydrogen) atoms. The number of aryl methyl sites for hydroxylation is 5. The summed E-state index contributed by atoms with van der Waals surface area (Å²) >= 11 is 6.34. The van der Waals surface area contributed by atoms with Crippen LogP contribution in [-0.4, -0.2) is 118 Å². The monoisotopic (exact) mass is 1320 g/mol. The smallest absolute Gasteiger partial charge is 0.225 e. The third-order valence-electron chi connectivity index (χ3n) is 11.5. The molecule has 1 saturated carbocycles. The van der Waals surface area contributed by atoms with Crippen LogP contribution in [0.5, 0.6) is 29.0 Å². The average molecular weight is 1320 g/mol. The largest absolute Gasteiger partial charge is 0.506 e. The van der Waals surface area contributed by atoms with Crippen molar-refractivity contribution in [2.24, 2.45) is 5.92 Å². The Kier molecular flexibility index (Phi) is 24.2. The molecule has 6 aromatic heterocycles. The highest BCUT2D eigenvalue weighted by atomic mass is 127. The van der Waals surface area contributed by atoms with Crippen molar-refractivity contribution < 1.29 is 49.3 Å². The third kappa shape index (κ3) is 17.0. The highest BCUT2D eigenvalue weighted by molar-refractivity contribution is 14.1. The summed E-state index contributed by atoms with van der Waals surface area (Å²) in [4.78, 5) is 26.0. The molecule has 6 heterocycles. The second-order valence-electron chi connectivity index (χ2n) is 16.8. The second-order valence-corrected chi connectivity index (χ2v) is 20.0. The van der Waals surface area contributed by atoms with Gasteiger partial charge in [-0.1, -0.05) is 27.7 Å². The van der Waals surface area contributed by atoms with Gasteiger partial charge in [0.05, 0.1) is 62.9 Å². The molecule has 0 spiro atoms. The molecule has 18 nitrogen and oxygen atoms in total. The van der Waals surface area contributed by atoms with Crippen molar-refractivity contribution >= 4 is 90.5 Å². The molecule has 0 radical (unpaired) electrons. The van der Waals surface area contributed by atoms with Gasteiger partial charge in [-0.2, -0.15) is 4.98 Å². The van der Waals surface area contributed by atoms with Crippen molar-refractivity contribution in [1.82, 2.24) is 29.9 Å².